The standard InChI is InChI=1S/C46H58N8O6/c1-23(2)39(51-45(57)59-9)43(55)53(41-25(5)26(41)6)21-37-47-33-17-15-31(19-35(33)49-37)29-11-13-30(14-12-29)32-16-18-34-36(20-32)50-38(48-34)22-54(42-27(7)28(42)8)44(56)40(24(3)4)52-46(58)60-10/h11-20,23-28,39-42H,21-22H2,1-10H3,(H,47,49)(H,48,50)(H,51,57)(H,52,58). The van der Waals surface area contributed by atoms with Crippen molar-refractivity contribution in [3.63, 3.8) is 0 Å². The fraction of sp³-hybridized carbons (Fsp3) is 0.478. The number of carbonyl (C=O) groups is 4. The zero-order valence-electron chi connectivity index (χ0n) is 36.2. The predicted octanol–water partition coefficient (Wildman–Crippen LogP) is 7.50. The van der Waals surface area contributed by atoms with Crippen LogP contribution in [0.5, 0.6) is 0 Å². The number of nitrogens with one attached hydrogen (secondary N) is 4. The first-order chi connectivity index (χ1) is 28.6. The average Bonchev–Trinajstić information content (AvgIpc) is 3.80. The van der Waals surface area contributed by atoms with Crippen LogP contribution in [0, 0.1) is 35.5 Å². The molecule has 0 spiro atoms. The lowest BCUT2D eigenvalue weighted by Gasteiger charge is -2.29. The summed E-state index contributed by atoms with van der Waals surface area (Å²) in [6.45, 7) is 16.8. The molecule has 0 radical (unpaired) electrons. The second kappa shape index (κ2) is 17.0. The van der Waals surface area contributed by atoms with Crippen LogP contribution in [0.4, 0.5) is 9.59 Å². The van der Waals surface area contributed by atoms with Gasteiger partial charge in [-0.1, -0.05) is 91.8 Å². The largest absolute Gasteiger partial charge is 0.453 e. The summed E-state index contributed by atoms with van der Waals surface area (Å²) in [5, 5.41) is 5.47. The number of benzene rings is 3. The van der Waals surface area contributed by atoms with Gasteiger partial charge in [-0.05, 0) is 82.0 Å². The molecule has 2 aliphatic carbocycles. The van der Waals surface area contributed by atoms with E-state index >= 15 is 0 Å². The Morgan fingerprint density at radius 3 is 1.22 bits per heavy atom. The van der Waals surface area contributed by atoms with Crippen LogP contribution >= 0.6 is 0 Å². The Balaban J connectivity index is 1.07. The van der Waals surface area contributed by atoms with E-state index in [9.17, 15) is 19.2 Å². The molecule has 4 N–H and O–H groups in total. The van der Waals surface area contributed by atoms with E-state index in [0.717, 1.165) is 44.3 Å². The first kappa shape index (κ1) is 42.2. The number of hydrogen-bond acceptors (Lipinski definition) is 8. The monoisotopic (exact) mass is 818 g/mol. The Kier molecular flexibility index (Phi) is 11.9. The van der Waals surface area contributed by atoms with Gasteiger partial charge < -0.3 is 39.9 Å². The van der Waals surface area contributed by atoms with Crippen molar-refractivity contribution in [3.05, 3.63) is 72.3 Å². The number of ether oxygens (including phenoxy) is 2. The molecule has 2 aromatic heterocycles. The second-order valence-corrected chi connectivity index (χ2v) is 17.5. The fourth-order valence-corrected chi connectivity index (χ4v) is 8.64. The van der Waals surface area contributed by atoms with Gasteiger partial charge >= 0.3 is 12.2 Å². The van der Waals surface area contributed by atoms with Gasteiger partial charge in [0.05, 0.1) is 49.4 Å². The summed E-state index contributed by atoms with van der Waals surface area (Å²) in [6.07, 6.45) is -1.26. The highest BCUT2D eigenvalue weighted by Gasteiger charge is 2.51. The van der Waals surface area contributed by atoms with Crippen molar-refractivity contribution < 1.29 is 28.7 Å². The van der Waals surface area contributed by atoms with E-state index in [1.54, 1.807) is 0 Å². The lowest BCUT2D eigenvalue weighted by molar-refractivity contribution is -0.136. The Hall–Kier alpha value is -5.92. The summed E-state index contributed by atoms with van der Waals surface area (Å²) >= 11 is 0. The van der Waals surface area contributed by atoms with E-state index in [1.807, 2.05) is 49.6 Å². The topological polar surface area (TPSA) is 175 Å². The van der Waals surface area contributed by atoms with Crippen molar-refractivity contribution in [2.45, 2.75) is 92.6 Å². The van der Waals surface area contributed by atoms with Crippen LogP contribution in [0.3, 0.4) is 0 Å². The van der Waals surface area contributed by atoms with Crippen LogP contribution < -0.4 is 10.6 Å². The van der Waals surface area contributed by atoms with E-state index in [1.165, 1.54) is 14.2 Å². The predicted molar refractivity (Wildman–Crippen MR) is 230 cm³/mol. The van der Waals surface area contributed by atoms with Gasteiger partial charge in [0.15, 0.2) is 0 Å². The second-order valence-electron chi connectivity index (χ2n) is 17.5. The Bertz CT molecular complexity index is 2210. The number of aromatic amines is 2. The van der Waals surface area contributed by atoms with Crippen LogP contribution in [0.15, 0.2) is 60.7 Å². The van der Waals surface area contributed by atoms with E-state index in [-0.39, 0.29) is 35.7 Å². The molecule has 0 saturated heterocycles. The normalized spacial score (nSPS) is 21.7. The van der Waals surface area contributed by atoms with Crippen LogP contribution in [-0.4, -0.2) is 92.1 Å². The number of aromatic nitrogens is 4. The number of imidazole rings is 2. The van der Waals surface area contributed by atoms with E-state index < -0.39 is 24.3 Å². The lowest BCUT2D eigenvalue weighted by Crippen LogP contribution is -2.52. The van der Waals surface area contributed by atoms with Crippen molar-refractivity contribution in [1.82, 2.24) is 40.4 Å². The van der Waals surface area contributed by atoms with Gasteiger partial charge in [-0.25, -0.2) is 19.6 Å². The highest BCUT2D eigenvalue weighted by Crippen LogP contribution is 2.44. The number of amides is 4. The molecular weight excluding hydrogens is 761 g/mol. The molecule has 3 aromatic carbocycles. The number of alkyl carbamates (subject to hydrolysis) is 2. The van der Waals surface area contributed by atoms with Crippen molar-refractivity contribution in [2.24, 2.45) is 35.5 Å². The van der Waals surface area contributed by atoms with E-state index in [0.29, 0.717) is 48.4 Å². The number of hydrogen-bond donors (Lipinski definition) is 4. The van der Waals surface area contributed by atoms with E-state index in [2.05, 4.69) is 96.8 Å². The van der Waals surface area contributed by atoms with Crippen LogP contribution in [0.25, 0.3) is 44.3 Å². The summed E-state index contributed by atoms with van der Waals surface area (Å²) in [6, 6.07) is 19.3. The smallest absolute Gasteiger partial charge is 0.407 e. The first-order valence-corrected chi connectivity index (χ1v) is 21.0. The zero-order chi connectivity index (χ0) is 43.2. The fourth-order valence-electron chi connectivity index (χ4n) is 8.64. The third kappa shape index (κ3) is 8.55. The highest BCUT2D eigenvalue weighted by molar-refractivity contribution is 5.88. The number of methoxy groups -OCH3 is 2. The van der Waals surface area contributed by atoms with Gasteiger partial charge in [-0.15, -0.1) is 0 Å². The summed E-state index contributed by atoms with van der Waals surface area (Å²) in [7, 11) is 2.59. The third-order valence-corrected chi connectivity index (χ3v) is 12.9. The molecule has 318 valence electrons. The Morgan fingerprint density at radius 1 is 0.583 bits per heavy atom. The third-order valence-electron chi connectivity index (χ3n) is 12.9. The molecule has 2 heterocycles. The number of nitrogens with zero attached hydrogens (tertiary/aromatic N) is 4. The molecule has 6 atom stereocenters. The first-order valence-electron chi connectivity index (χ1n) is 21.0. The summed E-state index contributed by atoms with van der Waals surface area (Å²) in [5.41, 5.74) is 7.49. The van der Waals surface area contributed by atoms with Gasteiger partial charge in [-0.3, -0.25) is 9.59 Å². The van der Waals surface area contributed by atoms with E-state index in [4.69, 9.17) is 19.4 Å². The minimum absolute atomic E-state index is 0.0542. The molecule has 2 saturated carbocycles. The number of carbonyl (C=O) groups excluding carboxylic acids is 4. The van der Waals surface area contributed by atoms with Gasteiger partial charge in [-0.2, -0.15) is 0 Å². The van der Waals surface area contributed by atoms with Crippen molar-refractivity contribution >= 4 is 46.1 Å². The molecule has 60 heavy (non-hydrogen) atoms. The van der Waals surface area contributed by atoms with Crippen molar-refractivity contribution in [3.8, 4) is 22.3 Å². The quantitative estimate of drug-likeness (QED) is 0.0891. The van der Waals surface area contributed by atoms with Crippen LogP contribution in [0.2, 0.25) is 0 Å². The van der Waals surface area contributed by atoms with Gasteiger partial charge in [0.2, 0.25) is 11.8 Å². The molecule has 2 aliphatic rings. The summed E-state index contributed by atoms with van der Waals surface area (Å²) in [4.78, 5) is 72.4. The van der Waals surface area contributed by atoms with Gasteiger partial charge in [0.25, 0.3) is 0 Å². The SMILES string of the molecule is COC(=O)NC(C(=O)N(Cc1nc2ccc(-c3ccc(-c4ccc5nc(CN(C(=O)C(NC(=O)OC)C(C)C)C6C(C)C6C)[nH]c5c4)cc3)cc2[nH]1)C1C(C)C1C)C(C)C. The van der Waals surface area contributed by atoms with Crippen LogP contribution in [-0.2, 0) is 32.2 Å². The maximum absolute atomic E-state index is 13.9. The maximum atomic E-state index is 13.9. The van der Waals surface area contributed by atoms with Gasteiger partial charge in [0, 0.05) is 12.1 Å². The molecule has 4 amide bonds. The zero-order valence-corrected chi connectivity index (χ0v) is 36.2. The lowest BCUT2D eigenvalue weighted by atomic mass is 10.00. The molecule has 5 aromatic rings. The molecule has 6 unspecified atom stereocenters. The molecule has 14 nitrogen and oxygen atoms in total. The Labute approximate surface area is 351 Å². The number of rotatable bonds is 14. The number of fused-ring (bicyclic) bond motifs is 2. The molecule has 0 bridgehead atoms. The Morgan fingerprint density at radius 2 is 0.917 bits per heavy atom. The molecular formula is C46H58N8O6. The van der Waals surface area contributed by atoms with Crippen molar-refractivity contribution in [1.29, 1.82) is 0 Å². The van der Waals surface area contributed by atoms with Crippen molar-refractivity contribution in [2.75, 3.05) is 14.2 Å². The molecule has 0 aliphatic heterocycles. The molecule has 2 fully saturated rings. The van der Waals surface area contributed by atoms with Gasteiger partial charge in [0.1, 0.15) is 23.7 Å². The summed E-state index contributed by atoms with van der Waals surface area (Å²) in [5.74, 6) is 2.18. The maximum Gasteiger partial charge on any atom is 0.407 e. The molecule has 7 rings (SSSR count). The summed E-state index contributed by atoms with van der Waals surface area (Å²) < 4.78 is 9.63. The minimum atomic E-state index is -0.717. The average molecular weight is 819 g/mol. The van der Waals surface area contributed by atoms with Crippen LogP contribution in [0.1, 0.15) is 67.0 Å². The number of H-pyrrole nitrogens is 2. The highest BCUT2D eigenvalue weighted by atomic mass is 16.5. The molecule has 14 heteroatoms. The minimum Gasteiger partial charge on any atom is -0.453 e.